The second kappa shape index (κ2) is 12.5. The number of H-pyrrole nitrogens is 1. The van der Waals surface area contributed by atoms with E-state index in [1.807, 2.05) is 37.3 Å². The number of aromatic nitrogens is 7. The first-order valence-electron chi connectivity index (χ1n) is 17.0. The van der Waals surface area contributed by atoms with E-state index < -0.39 is 35.7 Å². The molecule has 262 valence electrons. The van der Waals surface area contributed by atoms with Gasteiger partial charge in [-0.2, -0.15) is 8.78 Å². The van der Waals surface area contributed by atoms with Gasteiger partial charge in [0.15, 0.2) is 11.4 Å². The largest absolute Gasteiger partial charge is 0.393 e. The summed E-state index contributed by atoms with van der Waals surface area (Å²) in [5.74, 6) is -3.65. The standard InChI is InChI=1S/C37H36F3N9O2/c1-3-28(22(2)50)34-42-31-12-10-27(19-32(31)43-34)48-16-14-47(15-17-48)26-8-4-23(5-9-26)24-6-13-33(41-20-24)37(39,40)36(51)21-49-35(44-45-46-49)29-18-25(38)7-11-30(29)36/h4-13,18-20,22,28,50-51H,3,14-17,21H2,1-2H3,(H,42,43)/t22?,28?,36-/m0/s1. The first-order chi connectivity index (χ1) is 24.6. The number of halogens is 3. The summed E-state index contributed by atoms with van der Waals surface area (Å²) in [6.45, 7) is 6.52. The summed E-state index contributed by atoms with van der Waals surface area (Å²) in [6.07, 6.45) is 1.68. The van der Waals surface area contributed by atoms with Crippen LogP contribution < -0.4 is 9.80 Å². The molecule has 0 aliphatic carbocycles. The van der Waals surface area contributed by atoms with Crippen molar-refractivity contribution in [1.29, 1.82) is 0 Å². The van der Waals surface area contributed by atoms with E-state index in [0.717, 1.165) is 89.3 Å². The Balaban J connectivity index is 0.944. The molecule has 1 fully saturated rings. The Bertz CT molecular complexity index is 2200. The fourth-order valence-corrected chi connectivity index (χ4v) is 7.34. The molecule has 51 heavy (non-hydrogen) atoms. The molecular weight excluding hydrogens is 659 g/mol. The SMILES string of the molecule is CCC(c1nc2ccc(N3CCN(c4ccc(-c5ccc(C(F)(F)[C@]6(O)Cn7nnnc7-c7cc(F)ccc76)nc5)cc4)CC3)cc2[nH]1)C(C)O. The van der Waals surface area contributed by atoms with Crippen LogP contribution in [0.3, 0.4) is 0 Å². The number of aliphatic hydroxyl groups excluding tert-OH is 1. The van der Waals surface area contributed by atoms with Gasteiger partial charge in [0, 0.05) is 66.4 Å². The van der Waals surface area contributed by atoms with Gasteiger partial charge in [0.05, 0.1) is 23.7 Å². The molecule has 5 heterocycles. The maximum absolute atomic E-state index is 16.2. The number of nitrogens with zero attached hydrogens (tertiary/aromatic N) is 8. The third-order valence-electron chi connectivity index (χ3n) is 10.3. The molecule has 0 bridgehead atoms. The number of pyridine rings is 1. The Morgan fingerprint density at radius 3 is 2.31 bits per heavy atom. The topological polar surface area (TPSA) is 132 Å². The predicted molar refractivity (Wildman–Crippen MR) is 186 cm³/mol. The van der Waals surface area contributed by atoms with Crippen molar-refractivity contribution < 1.29 is 23.4 Å². The third kappa shape index (κ3) is 5.58. The number of nitrogens with one attached hydrogen (secondary N) is 1. The number of imidazole rings is 1. The van der Waals surface area contributed by atoms with Crippen molar-refractivity contribution >= 4 is 22.4 Å². The average Bonchev–Trinajstić information content (AvgIpc) is 3.79. The third-order valence-corrected chi connectivity index (χ3v) is 10.3. The van der Waals surface area contributed by atoms with Gasteiger partial charge >= 0.3 is 5.92 Å². The highest BCUT2D eigenvalue weighted by atomic mass is 19.3. The Kier molecular flexibility index (Phi) is 8.02. The quantitative estimate of drug-likeness (QED) is 0.186. The monoisotopic (exact) mass is 695 g/mol. The van der Waals surface area contributed by atoms with E-state index in [-0.39, 0.29) is 22.9 Å². The van der Waals surface area contributed by atoms with Gasteiger partial charge in [-0.3, -0.25) is 4.98 Å². The zero-order valence-corrected chi connectivity index (χ0v) is 28.0. The van der Waals surface area contributed by atoms with Gasteiger partial charge in [-0.1, -0.05) is 31.2 Å². The maximum Gasteiger partial charge on any atom is 0.323 e. The second-order valence-electron chi connectivity index (χ2n) is 13.3. The predicted octanol–water partition coefficient (Wildman–Crippen LogP) is 5.61. The lowest BCUT2D eigenvalue weighted by Gasteiger charge is -2.39. The fourth-order valence-electron chi connectivity index (χ4n) is 7.34. The number of tetrazole rings is 1. The summed E-state index contributed by atoms with van der Waals surface area (Å²) in [7, 11) is 0. The molecule has 3 aromatic heterocycles. The number of benzene rings is 3. The average molecular weight is 696 g/mol. The van der Waals surface area contributed by atoms with E-state index in [4.69, 9.17) is 4.98 Å². The van der Waals surface area contributed by atoms with Crippen molar-refractivity contribution in [3.05, 3.63) is 102 Å². The molecule has 0 saturated carbocycles. The Morgan fingerprint density at radius 1 is 0.922 bits per heavy atom. The van der Waals surface area contributed by atoms with E-state index in [9.17, 15) is 14.6 Å². The molecule has 8 rings (SSSR count). The molecule has 3 aromatic carbocycles. The van der Waals surface area contributed by atoms with E-state index >= 15 is 8.78 Å². The minimum atomic E-state index is -3.86. The molecule has 14 heteroatoms. The number of hydrogen-bond donors (Lipinski definition) is 3. The Hall–Kier alpha value is -5.34. The van der Waals surface area contributed by atoms with Crippen LogP contribution in [0.4, 0.5) is 24.5 Å². The number of aromatic amines is 1. The highest BCUT2D eigenvalue weighted by molar-refractivity contribution is 5.80. The van der Waals surface area contributed by atoms with Gasteiger partial charge in [0.1, 0.15) is 17.3 Å². The highest BCUT2D eigenvalue weighted by Gasteiger charge is 2.59. The van der Waals surface area contributed by atoms with Crippen molar-refractivity contribution in [3.63, 3.8) is 0 Å². The Morgan fingerprint density at radius 2 is 1.63 bits per heavy atom. The number of hydrogen-bond acceptors (Lipinski definition) is 9. The summed E-state index contributed by atoms with van der Waals surface area (Å²) in [5, 5.41) is 32.8. The second-order valence-corrected chi connectivity index (χ2v) is 13.3. The van der Waals surface area contributed by atoms with E-state index in [1.165, 1.54) is 12.3 Å². The minimum absolute atomic E-state index is 0.00427. The van der Waals surface area contributed by atoms with Crippen LogP contribution in [0.15, 0.2) is 79.0 Å². The lowest BCUT2D eigenvalue weighted by molar-refractivity contribution is -0.207. The van der Waals surface area contributed by atoms with Crippen LogP contribution in [0, 0.1) is 5.82 Å². The zero-order valence-electron chi connectivity index (χ0n) is 28.0. The maximum atomic E-state index is 16.2. The van der Waals surface area contributed by atoms with Crippen LogP contribution in [-0.2, 0) is 18.1 Å². The van der Waals surface area contributed by atoms with E-state index in [2.05, 4.69) is 47.4 Å². The fraction of sp³-hybridized carbons (Fsp3) is 0.324. The van der Waals surface area contributed by atoms with Gasteiger partial charge in [-0.15, -0.1) is 5.10 Å². The lowest BCUT2D eigenvalue weighted by atomic mass is 9.80. The van der Waals surface area contributed by atoms with Crippen molar-refractivity contribution in [1.82, 2.24) is 35.2 Å². The molecular formula is C37H36F3N9O2. The number of aliphatic hydroxyl groups is 2. The molecule has 11 nitrogen and oxygen atoms in total. The smallest absolute Gasteiger partial charge is 0.323 e. The highest BCUT2D eigenvalue weighted by Crippen LogP contribution is 2.50. The first-order valence-corrected chi connectivity index (χ1v) is 17.0. The number of anilines is 2. The first kappa shape index (κ1) is 32.8. The van der Waals surface area contributed by atoms with Crippen LogP contribution >= 0.6 is 0 Å². The molecule has 2 aliphatic heterocycles. The van der Waals surface area contributed by atoms with Gasteiger partial charge < -0.3 is 25.0 Å². The summed E-state index contributed by atoms with van der Waals surface area (Å²) >= 11 is 0. The molecule has 3 N–H and O–H groups in total. The van der Waals surface area contributed by atoms with Crippen LogP contribution in [0.2, 0.25) is 0 Å². The number of piperazine rings is 1. The molecule has 0 radical (unpaired) electrons. The lowest BCUT2D eigenvalue weighted by Crippen LogP contribution is -2.49. The van der Waals surface area contributed by atoms with Crippen LogP contribution in [0.5, 0.6) is 0 Å². The molecule has 1 saturated heterocycles. The van der Waals surface area contributed by atoms with Crippen molar-refractivity contribution in [3.8, 4) is 22.5 Å². The molecule has 0 spiro atoms. The van der Waals surface area contributed by atoms with Gasteiger partial charge in [-0.25, -0.2) is 14.1 Å². The molecule has 2 aliphatic rings. The Labute approximate surface area is 291 Å². The summed E-state index contributed by atoms with van der Waals surface area (Å²) in [4.78, 5) is 16.9. The molecule has 0 amide bonds. The summed E-state index contributed by atoms with van der Waals surface area (Å²) in [6, 6.07) is 20.1. The van der Waals surface area contributed by atoms with E-state index in [1.54, 1.807) is 13.0 Å². The van der Waals surface area contributed by atoms with Gasteiger partial charge in [-0.05, 0) is 77.9 Å². The van der Waals surface area contributed by atoms with Crippen LogP contribution in [0.25, 0.3) is 33.5 Å². The number of fused-ring (bicyclic) bond motifs is 4. The summed E-state index contributed by atoms with van der Waals surface area (Å²) < 4.78 is 47.5. The van der Waals surface area contributed by atoms with Crippen molar-refractivity contribution in [2.75, 3.05) is 36.0 Å². The van der Waals surface area contributed by atoms with Crippen molar-refractivity contribution in [2.45, 2.75) is 50.4 Å². The number of alkyl halides is 2. The van der Waals surface area contributed by atoms with Crippen molar-refractivity contribution in [2.24, 2.45) is 0 Å². The summed E-state index contributed by atoms with van der Waals surface area (Å²) in [5.41, 5.74) is 1.89. The van der Waals surface area contributed by atoms with Crippen LogP contribution in [0.1, 0.15) is 43.3 Å². The number of rotatable bonds is 8. The minimum Gasteiger partial charge on any atom is -0.393 e. The zero-order chi connectivity index (χ0) is 35.5. The normalized spacial score (nSPS) is 18.8. The molecule has 3 atom stereocenters. The van der Waals surface area contributed by atoms with Gasteiger partial charge in [0.25, 0.3) is 0 Å². The molecule has 6 aromatic rings. The van der Waals surface area contributed by atoms with E-state index in [0.29, 0.717) is 5.56 Å². The van der Waals surface area contributed by atoms with Gasteiger partial charge in [0.2, 0.25) is 0 Å². The van der Waals surface area contributed by atoms with Crippen LogP contribution in [-0.4, -0.2) is 77.7 Å². The molecule has 2 unspecified atom stereocenters.